The van der Waals surface area contributed by atoms with Gasteiger partial charge in [0.15, 0.2) is 0 Å². The van der Waals surface area contributed by atoms with Crippen LogP contribution in [0.25, 0.3) is 0 Å². The molecule has 0 bridgehead atoms. The van der Waals surface area contributed by atoms with Gasteiger partial charge in [-0.15, -0.1) is 0 Å². The number of hydrogen-bond donors (Lipinski definition) is 0. The third-order valence-electron chi connectivity index (χ3n) is 4.59. The first-order valence-corrected chi connectivity index (χ1v) is 8.65. The number of amides is 1. The van der Waals surface area contributed by atoms with Crippen molar-refractivity contribution < 1.29 is 31.9 Å². The minimum absolute atomic E-state index is 0.134. The number of esters is 1. The predicted octanol–water partition coefficient (Wildman–Crippen LogP) is 2.99. The average Bonchev–Trinajstić information content (AvgIpc) is 2.72. The molecule has 0 saturated carbocycles. The van der Waals surface area contributed by atoms with Crippen molar-refractivity contribution in [3.05, 3.63) is 59.2 Å². The van der Waals surface area contributed by atoms with Crippen LogP contribution in [0.4, 0.5) is 23.2 Å². The average molecular weight is 411 g/mol. The number of rotatable bonds is 3. The molecular weight excluding hydrogens is 394 g/mol. The lowest BCUT2D eigenvalue weighted by molar-refractivity contribution is -0.138. The molecule has 2 heterocycles. The molecule has 0 spiro atoms. The summed E-state index contributed by atoms with van der Waals surface area (Å²) >= 11 is 0. The van der Waals surface area contributed by atoms with Crippen LogP contribution in [0.3, 0.4) is 0 Å². The van der Waals surface area contributed by atoms with Crippen LogP contribution in [-0.2, 0) is 10.9 Å². The number of halogens is 4. The summed E-state index contributed by atoms with van der Waals surface area (Å²) in [5.41, 5.74) is -0.985. The normalized spacial score (nSPS) is 14.7. The van der Waals surface area contributed by atoms with Crippen LogP contribution in [0.1, 0.15) is 26.3 Å². The lowest BCUT2D eigenvalue weighted by Crippen LogP contribution is -2.49. The second-order valence-corrected chi connectivity index (χ2v) is 6.39. The molecule has 1 amide bonds. The fraction of sp³-hybridized carbons (Fsp3) is 0.316. The van der Waals surface area contributed by atoms with E-state index in [4.69, 9.17) is 0 Å². The molecule has 3 rings (SSSR count). The molecule has 1 aromatic heterocycles. The first kappa shape index (κ1) is 20.6. The van der Waals surface area contributed by atoms with Crippen LogP contribution in [0, 0.1) is 5.82 Å². The van der Waals surface area contributed by atoms with Gasteiger partial charge in [-0.1, -0.05) is 0 Å². The highest BCUT2D eigenvalue weighted by Gasteiger charge is 2.37. The Kier molecular flexibility index (Phi) is 5.71. The second-order valence-electron chi connectivity index (χ2n) is 6.39. The molecule has 0 aliphatic carbocycles. The van der Waals surface area contributed by atoms with E-state index in [0.29, 0.717) is 37.0 Å². The molecule has 1 aromatic carbocycles. The molecule has 10 heteroatoms. The number of benzene rings is 1. The highest BCUT2D eigenvalue weighted by atomic mass is 19.4. The van der Waals surface area contributed by atoms with E-state index in [-0.39, 0.29) is 18.7 Å². The highest BCUT2D eigenvalue weighted by Crippen LogP contribution is 2.33. The minimum Gasteiger partial charge on any atom is -0.465 e. The summed E-state index contributed by atoms with van der Waals surface area (Å²) in [6.07, 6.45) is -1.86. The van der Waals surface area contributed by atoms with Gasteiger partial charge in [-0.2, -0.15) is 13.2 Å². The molecule has 0 atom stereocenters. The number of anilines is 1. The van der Waals surface area contributed by atoms with E-state index in [2.05, 4.69) is 9.72 Å². The van der Waals surface area contributed by atoms with Crippen molar-refractivity contribution in [3.63, 3.8) is 0 Å². The van der Waals surface area contributed by atoms with Crippen molar-refractivity contribution in [2.24, 2.45) is 0 Å². The number of piperazine rings is 1. The van der Waals surface area contributed by atoms with Crippen LogP contribution >= 0.6 is 0 Å². The van der Waals surface area contributed by atoms with Gasteiger partial charge in [0.1, 0.15) is 5.82 Å². The SMILES string of the molecule is COC(=O)c1cncc(N2CCN(C(=O)c3cc(F)ccc3C(F)(F)F)CC2)c1. The van der Waals surface area contributed by atoms with E-state index in [1.165, 1.54) is 24.4 Å². The molecule has 6 nitrogen and oxygen atoms in total. The van der Waals surface area contributed by atoms with E-state index < -0.39 is 35.0 Å². The number of ether oxygens (including phenoxy) is 1. The fourth-order valence-corrected chi connectivity index (χ4v) is 3.11. The summed E-state index contributed by atoms with van der Waals surface area (Å²) in [5.74, 6) is -2.33. The van der Waals surface area contributed by atoms with Crippen molar-refractivity contribution >= 4 is 17.6 Å². The summed E-state index contributed by atoms with van der Waals surface area (Å²) in [6, 6.07) is 3.45. The van der Waals surface area contributed by atoms with E-state index >= 15 is 0 Å². The van der Waals surface area contributed by atoms with Gasteiger partial charge >= 0.3 is 12.1 Å². The minimum atomic E-state index is -4.76. The Morgan fingerprint density at radius 3 is 2.38 bits per heavy atom. The third kappa shape index (κ3) is 4.47. The molecule has 2 aromatic rings. The molecule has 1 aliphatic rings. The molecule has 1 fully saturated rings. The van der Waals surface area contributed by atoms with Crippen molar-refractivity contribution in [1.29, 1.82) is 0 Å². The van der Waals surface area contributed by atoms with E-state index in [0.717, 1.165) is 0 Å². The van der Waals surface area contributed by atoms with Crippen molar-refractivity contribution in [3.8, 4) is 0 Å². The zero-order valence-electron chi connectivity index (χ0n) is 15.4. The Labute approximate surface area is 163 Å². The van der Waals surface area contributed by atoms with Crippen LogP contribution in [0.15, 0.2) is 36.7 Å². The maximum absolute atomic E-state index is 13.5. The summed E-state index contributed by atoms with van der Waals surface area (Å²) in [6.45, 7) is 0.896. The number of methoxy groups -OCH3 is 1. The lowest BCUT2D eigenvalue weighted by Gasteiger charge is -2.36. The van der Waals surface area contributed by atoms with Crippen molar-refractivity contribution in [2.75, 3.05) is 38.2 Å². The van der Waals surface area contributed by atoms with Crippen LogP contribution in [-0.4, -0.2) is 55.0 Å². The maximum Gasteiger partial charge on any atom is 0.417 e. The summed E-state index contributed by atoms with van der Waals surface area (Å²) in [4.78, 5) is 31.3. The standard InChI is InChI=1S/C19H17F4N3O3/c1-29-18(28)12-8-14(11-24-10-12)25-4-6-26(7-5-25)17(27)15-9-13(20)2-3-16(15)19(21,22)23/h2-3,8-11H,4-7H2,1H3. The fourth-order valence-electron chi connectivity index (χ4n) is 3.11. The van der Waals surface area contributed by atoms with Crippen molar-refractivity contribution in [2.45, 2.75) is 6.18 Å². The van der Waals surface area contributed by atoms with Gasteiger partial charge in [0.25, 0.3) is 5.91 Å². The predicted molar refractivity (Wildman–Crippen MR) is 95.1 cm³/mol. The van der Waals surface area contributed by atoms with Crippen LogP contribution in [0.5, 0.6) is 0 Å². The van der Waals surface area contributed by atoms with Gasteiger partial charge in [-0.25, -0.2) is 9.18 Å². The van der Waals surface area contributed by atoms with Gasteiger partial charge in [-0.05, 0) is 24.3 Å². The molecule has 29 heavy (non-hydrogen) atoms. The summed E-state index contributed by atoms with van der Waals surface area (Å²) < 4.78 is 57.7. The quantitative estimate of drug-likeness (QED) is 0.574. The second kappa shape index (κ2) is 8.06. The molecular formula is C19H17F4N3O3. The van der Waals surface area contributed by atoms with Gasteiger partial charge < -0.3 is 14.5 Å². The molecule has 1 saturated heterocycles. The Morgan fingerprint density at radius 1 is 1.07 bits per heavy atom. The monoisotopic (exact) mass is 411 g/mol. The highest BCUT2D eigenvalue weighted by molar-refractivity contribution is 5.96. The van der Waals surface area contributed by atoms with Gasteiger partial charge in [0.2, 0.25) is 0 Å². The Morgan fingerprint density at radius 2 is 1.76 bits per heavy atom. The van der Waals surface area contributed by atoms with Gasteiger partial charge in [0.05, 0.1) is 35.7 Å². The van der Waals surface area contributed by atoms with Crippen molar-refractivity contribution in [1.82, 2.24) is 9.88 Å². The molecule has 0 unspecified atom stereocenters. The van der Waals surface area contributed by atoms with E-state index in [9.17, 15) is 27.2 Å². The number of carbonyl (C=O) groups is 2. The van der Waals surface area contributed by atoms with E-state index in [1.807, 2.05) is 4.90 Å². The number of nitrogens with zero attached hydrogens (tertiary/aromatic N) is 3. The third-order valence-corrected chi connectivity index (χ3v) is 4.59. The maximum atomic E-state index is 13.5. The summed E-state index contributed by atoms with van der Waals surface area (Å²) in [5, 5.41) is 0. The number of alkyl halides is 3. The first-order valence-electron chi connectivity index (χ1n) is 8.65. The Balaban J connectivity index is 1.74. The molecule has 0 radical (unpaired) electrons. The van der Waals surface area contributed by atoms with E-state index in [1.54, 1.807) is 6.07 Å². The molecule has 0 N–H and O–H groups in total. The summed E-state index contributed by atoms with van der Waals surface area (Å²) in [7, 11) is 1.25. The van der Waals surface area contributed by atoms with Gasteiger partial charge in [0, 0.05) is 32.4 Å². The molecule has 1 aliphatic heterocycles. The van der Waals surface area contributed by atoms with Crippen LogP contribution < -0.4 is 4.90 Å². The molecule has 154 valence electrons. The first-order chi connectivity index (χ1) is 13.7. The number of aromatic nitrogens is 1. The largest absolute Gasteiger partial charge is 0.465 e. The topological polar surface area (TPSA) is 62.7 Å². The van der Waals surface area contributed by atoms with Crippen LogP contribution in [0.2, 0.25) is 0 Å². The van der Waals surface area contributed by atoms with Gasteiger partial charge in [-0.3, -0.25) is 9.78 Å². The number of hydrogen-bond acceptors (Lipinski definition) is 5. The Hall–Kier alpha value is -3.17. The zero-order chi connectivity index (χ0) is 21.2. The zero-order valence-corrected chi connectivity index (χ0v) is 15.4. The number of carbonyl (C=O) groups excluding carboxylic acids is 2. The smallest absolute Gasteiger partial charge is 0.417 e. The Bertz CT molecular complexity index is 925. The lowest BCUT2D eigenvalue weighted by atomic mass is 10.0. The number of pyridine rings is 1.